The summed E-state index contributed by atoms with van der Waals surface area (Å²) in [6, 6.07) is 1.47. The van der Waals surface area contributed by atoms with E-state index in [2.05, 4.69) is 22.2 Å². The number of nitrogens with one attached hydrogen (secondary N) is 2. The molecule has 2 N–H and O–H groups in total. The summed E-state index contributed by atoms with van der Waals surface area (Å²) in [6.07, 6.45) is 2.22. The summed E-state index contributed by atoms with van der Waals surface area (Å²) in [5, 5.41) is 3.10. The lowest BCUT2D eigenvalue weighted by Crippen LogP contribution is -2.17. The van der Waals surface area contributed by atoms with Gasteiger partial charge in [-0.1, -0.05) is 27.2 Å². The smallest absolute Gasteiger partial charge is 0.252 e. The minimum atomic E-state index is -0.122. The fraction of sp³-hybridized carbons (Fsp3) is 0.692. The zero-order chi connectivity index (χ0) is 13.4. The highest BCUT2D eigenvalue weighted by Crippen LogP contribution is 2.08. The molecule has 1 rings (SSSR count). The van der Waals surface area contributed by atoms with Crippen molar-refractivity contribution >= 4 is 5.82 Å². The Hall–Kier alpha value is -1.36. The molecule has 0 aliphatic carbocycles. The van der Waals surface area contributed by atoms with E-state index in [1.165, 1.54) is 6.07 Å². The quantitative estimate of drug-likeness (QED) is 0.696. The van der Waals surface area contributed by atoms with Crippen LogP contribution in [0, 0.1) is 0 Å². The van der Waals surface area contributed by atoms with Crippen LogP contribution in [0.2, 0.25) is 0 Å². The van der Waals surface area contributed by atoms with E-state index in [1.807, 2.05) is 13.8 Å². The van der Waals surface area contributed by atoms with E-state index in [4.69, 9.17) is 4.74 Å². The average molecular weight is 253 g/mol. The maximum atomic E-state index is 11.4. The van der Waals surface area contributed by atoms with E-state index in [0.717, 1.165) is 19.4 Å². The van der Waals surface area contributed by atoms with Crippen molar-refractivity contribution in [3.05, 3.63) is 22.2 Å². The second kappa shape index (κ2) is 7.87. The highest BCUT2D eigenvalue weighted by molar-refractivity contribution is 5.33. The molecule has 0 radical (unpaired) electrons. The largest absolute Gasteiger partial charge is 0.380 e. The van der Waals surface area contributed by atoms with Crippen LogP contribution in [-0.4, -0.2) is 29.7 Å². The third-order valence-electron chi connectivity index (χ3n) is 2.50. The van der Waals surface area contributed by atoms with E-state index in [1.54, 1.807) is 0 Å². The van der Waals surface area contributed by atoms with Gasteiger partial charge in [0.05, 0.1) is 6.61 Å². The first kappa shape index (κ1) is 14.7. The van der Waals surface area contributed by atoms with Crippen LogP contribution in [0.3, 0.4) is 0 Å². The monoisotopic (exact) mass is 253 g/mol. The van der Waals surface area contributed by atoms with E-state index in [0.29, 0.717) is 24.8 Å². The van der Waals surface area contributed by atoms with E-state index in [9.17, 15) is 4.79 Å². The van der Waals surface area contributed by atoms with Crippen molar-refractivity contribution in [3.63, 3.8) is 0 Å². The van der Waals surface area contributed by atoms with Crippen LogP contribution in [0.1, 0.15) is 45.4 Å². The molecule has 0 aromatic carbocycles. The van der Waals surface area contributed by atoms with Gasteiger partial charge in [0.15, 0.2) is 0 Å². The van der Waals surface area contributed by atoms with Crippen molar-refractivity contribution in [3.8, 4) is 0 Å². The third-order valence-corrected chi connectivity index (χ3v) is 2.50. The Bertz CT molecular complexity index is 401. The van der Waals surface area contributed by atoms with Gasteiger partial charge in [0.25, 0.3) is 5.56 Å². The topological polar surface area (TPSA) is 67.0 Å². The standard InChI is InChI=1S/C13H23N3O2/c1-4-5-7-18-8-6-14-11-9-12(17)16-13(15-11)10(2)3/h9-10H,4-8H2,1-3H3,(H2,14,15,16,17). The van der Waals surface area contributed by atoms with E-state index in [-0.39, 0.29) is 11.5 Å². The lowest BCUT2D eigenvalue weighted by atomic mass is 10.2. The minimum absolute atomic E-state index is 0.122. The fourth-order valence-corrected chi connectivity index (χ4v) is 1.44. The number of hydrogen-bond acceptors (Lipinski definition) is 4. The van der Waals surface area contributed by atoms with Crippen LogP contribution >= 0.6 is 0 Å². The summed E-state index contributed by atoms with van der Waals surface area (Å²) in [5.41, 5.74) is -0.122. The lowest BCUT2D eigenvalue weighted by molar-refractivity contribution is 0.141. The molecule has 0 unspecified atom stereocenters. The van der Waals surface area contributed by atoms with Gasteiger partial charge in [-0.25, -0.2) is 4.98 Å². The van der Waals surface area contributed by atoms with Crippen LogP contribution in [-0.2, 0) is 4.74 Å². The van der Waals surface area contributed by atoms with Gasteiger partial charge in [-0.15, -0.1) is 0 Å². The molecule has 0 aliphatic heterocycles. The van der Waals surface area contributed by atoms with Gasteiger partial charge in [-0.3, -0.25) is 4.79 Å². The Kier molecular flexibility index (Phi) is 6.43. The van der Waals surface area contributed by atoms with Crippen molar-refractivity contribution in [1.82, 2.24) is 9.97 Å². The molecular weight excluding hydrogens is 230 g/mol. The third kappa shape index (κ3) is 5.31. The Balaban J connectivity index is 2.40. The van der Waals surface area contributed by atoms with E-state index >= 15 is 0 Å². The van der Waals surface area contributed by atoms with Gasteiger partial charge in [0.2, 0.25) is 0 Å². The lowest BCUT2D eigenvalue weighted by Gasteiger charge is -2.09. The molecule has 5 nitrogen and oxygen atoms in total. The summed E-state index contributed by atoms with van der Waals surface area (Å²) in [7, 11) is 0. The molecule has 1 aromatic rings. The number of H-pyrrole nitrogens is 1. The number of nitrogens with zero attached hydrogens (tertiary/aromatic N) is 1. The van der Waals surface area contributed by atoms with Gasteiger partial charge in [0, 0.05) is 25.1 Å². The maximum absolute atomic E-state index is 11.4. The van der Waals surface area contributed by atoms with Crippen LogP contribution < -0.4 is 10.9 Å². The Morgan fingerprint density at radius 3 is 2.89 bits per heavy atom. The van der Waals surface area contributed by atoms with Crippen LogP contribution in [0.4, 0.5) is 5.82 Å². The molecule has 0 fully saturated rings. The molecule has 1 heterocycles. The maximum Gasteiger partial charge on any atom is 0.252 e. The predicted molar refractivity (Wildman–Crippen MR) is 73.2 cm³/mol. The number of unbranched alkanes of at least 4 members (excludes halogenated alkanes) is 1. The van der Waals surface area contributed by atoms with Gasteiger partial charge in [-0.2, -0.15) is 0 Å². The second-order valence-electron chi connectivity index (χ2n) is 4.56. The van der Waals surface area contributed by atoms with Crippen molar-refractivity contribution in [2.45, 2.75) is 39.5 Å². The van der Waals surface area contributed by atoms with Crippen LogP contribution in [0.5, 0.6) is 0 Å². The molecule has 0 atom stereocenters. The molecule has 18 heavy (non-hydrogen) atoms. The molecule has 102 valence electrons. The van der Waals surface area contributed by atoms with Gasteiger partial charge >= 0.3 is 0 Å². The van der Waals surface area contributed by atoms with Crippen molar-refractivity contribution in [1.29, 1.82) is 0 Å². The molecule has 0 spiro atoms. The molecule has 5 heteroatoms. The highest BCUT2D eigenvalue weighted by atomic mass is 16.5. The minimum Gasteiger partial charge on any atom is -0.380 e. The molecule has 0 aliphatic rings. The molecule has 0 amide bonds. The van der Waals surface area contributed by atoms with Gasteiger partial charge in [-0.05, 0) is 6.42 Å². The highest BCUT2D eigenvalue weighted by Gasteiger charge is 2.04. The fourth-order valence-electron chi connectivity index (χ4n) is 1.44. The summed E-state index contributed by atoms with van der Waals surface area (Å²) >= 11 is 0. The second-order valence-corrected chi connectivity index (χ2v) is 4.56. The summed E-state index contributed by atoms with van der Waals surface area (Å²) in [6.45, 7) is 8.21. The first-order valence-electron chi connectivity index (χ1n) is 6.56. The number of aromatic amines is 1. The molecule has 0 bridgehead atoms. The number of rotatable bonds is 8. The zero-order valence-electron chi connectivity index (χ0n) is 11.5. The normalized spacial score (nSPS) is 10.9. The molecule has 0 saturated heterocycles. The Morgan fingerprint density at radius 1 is 1.44 bits per heavy atom. The SMILES string of the molecule is CCCCOCCNc1cc(=O)[nH]c(C(C)C)n1. The molecular formula is C13H23N3O2. The van der Waals surface area contributed by atoms with Crippen LogP contribution in [0.15, 0.2) is 10.9 Å². The Morgan fingerprint density at radius 2 is 2.22 bits per heavy atom. The van der Waals surface area contributed by atoms with E-state index < -0.39 is 0 Å². The Labute approximate surface area is 108 Å². The average Bonchev–Trinajstić information content (AvgIpc) is 2.33. The number of anilines is 1. The number of aromatic nitrogens is 2. The van der Waals surface area contributed by atoms with Crippen molar-refractivity contribution in [2.24, 2.45) is 0 Å². The molecule has 1 aromatic heterocycles. The summed E-state index contributed by atoms with van der Waals surface area (Å²) in [5.74, 6) is 1.53. The van der Waals surface area contributed by atoms with Crippen LogP contribution in [0.25, 0.3) is 0 Å². The predicted octanol–water partition coefficient (Wildman–Crippen LogP) is 2.12. The number of hydrogen-bond donors (Lipinski definition) is 2. The molecule has 0 saturated carbocycles. The van der Waals surface area contributed by atoms with Gasteiger partial charge in [0.1, 0.15) is 11.6 Å². The number of ether oxygens (including phenoxy) is 1. The summed E-state index contributed by atoms with van der Waals surface area (Å²) in [4.78, 5) is 18.5. The van der Waals surface area contributed by atoms with Crippen molar-refractivity contribution < 1.29 is 4.74 Å². The first-order chi connectivity index (χ1) is 8.63. The van der Waals surface area contributed by atoms with Crippen molar-refractivity contribution in [2.75, 3.05) is 25.1 Å². The summed E-state index contributed by atoms with van der Waals surface area (Å²) < 4.78 is 5.43. The van der Waals surface area contributed by atoms with Gasteiger partial charge < -0.3 is 15.0 Å². The zero-order valence-corrected chi connectivity index (χ0v) is 11.5. The first-order valence-corrected chi connectivity index (χ1v) is 6.56.